The Bertz CT molecular complexity index is 403. The van der Waals surface area contributed by atoms with Crippen LogP contribution in [0.3, 0.4) is 0 Å². The molecule has 1 aromatic heterocycles. The Morgan fingerprint density at radius 1 is 1.53 bits per heavy atom. The molecule has 5 nitrogen and oxygen atoms in total. The Balaban J connectivity index is 2.34. The molecule has 0 radical (unpaired) electrons. The van der Waals surface area contributed by atoms with Gasteiger partial charge in [0.05, 0.1) is 10.8 Å². The molecule has 3 N–H and O–H groups in total. The fourth-order valence-corrected chi connectivity index (χ4v) is 3.26. The van der Waals surface area contributed by atoms with E-state index in [0.717, 1.165) is 11.4 Å². The first kappa shape index (κ1) is 14.6. The molecule has 0 aliphatic carbocycles. The zero-order valence-corrected chi connectivity index (χ0v) is 11.6. The van der Waals surface area contributed by atoms with E-state index in [4.69, 9.17) is 5.73 Å². The zero-order chi connectivity index (χ0) is 12.7. The second-order valence-electron chi connectivity index (χ2n) is 3.93. The highest BCUT2D eigenvalue weighted by molar-refractivity contribution is 7.89. The van der Waals surface area contributed by atoms with Gasteiger partial charge < -0.3 is 5.73 Å². The first-order valence-corrected chi connectivity index (χ1v) is 8.15. The van der Waals surface area contributed by atoms with Gasteiger partial charge in [0, 0.05) is 24.0 Å². The molecule has 1 aromatic rings. The summed E-state index contributed by atoms with van der Waals surface area (Å²) in [5.41, 5.74) is 5.32. The van der Waals surface area contributed by atoms with Crippen LogP contribution in [0.4, 0.5) is 0 Å². The molecule has 98 valence electrons. The molecule has 0 fully saturated rings. The van der Waals surface area contributed by atoms with Crippen LogP contribution in [0.15, 0.2) is 11.6 Å². The fraction of sp³-hybridized carbons (Fsp3) is 0.700. The van der Waals surface area contributed by atoms with E-state index in [0.29, 0.717) is 19.5 Å². The number of nitrogens with zero attached hydrogens (tertiary/aromatic N) is 1. The lowest BCUT2D eigenvalue weighted by atomic mass is 10.2. The molecule has 1 rings (SSSR count). The lowest BCUT2D eigenvalue weighted by molar-refractivity contribution is 0.570. The molecule has 1 unspecified atom stereocenters. The van der Waals surface area contributed by atoms with E-state index in [2.05, 4.69) is 9.71 Å². The molecule has 0 saturated heterocycles. The van der Waals surface area contributed by atoms with Gasteiger partial charge in [0.15, 0.2) is 0 Å². The number of unbranched alkanes of at least 4 members (excludes halogenated alkanes) is 1. The molecule has 1 heterocycles. The van der Waals surface area contributed by atoms with E-state index >= 15 is 0 Å². The summed E-state index contributed by atoms with van der Waals surface area (Å²) in [7, 11) is -3.17. The summed E-state index contributed by atoms with van der Waals surface area (Å²) >= 11 is 1.54. The monoisotopic (exact) mass is 277 g/mol. The molecule has 0 spiro atoms. The Hall–Kier alpha value is -0.500. The maximum atomic E-state index is 11.6. The van der Waals surface area contributed by atoms with Gasteiger partial charge in [0.25, 0.3) is 0 Å². The van der Waals surface area contributed by atoms with Gasteiger partial charge >= 0.3 is 0 Å². The van der Waals surface area contributed by atoms with Crippen LogP contribution in [0.25, 0.3) is 0 Å². The van der Waals surface area contributed by atoms with E-state index in [1.54, 1.807) is 17.5 Å². The van der Waals surface area contributed by atoms with E-state index in [-0.39, 0.29) is 11.7 Å². The van der Waals surface area contributed by atoms with Crippen LogP contribution in [0.5, 0.6) is 0 Å². The van der Waals surface area contributed by atoms with Crippen molar-refractivity contribution in [2.45, 2.75) is 25.7 Å². The lowest BCUT2D eigenvalue weighted by Gasteiger charge is -2.10. The maximum absolute atomic E-state index is 11.6. The topological polar surface area (TPSA) is 85.1 Å². The van der Waals surface area contributed by atoms with Gasteiger partial charge in [-0.05, 0) is 19.4 Å². The Kier molecular flexibility index (Phi) is 6.04. The molecule has 0 aromatic carbocycles. The number of nitrogens with one attached hydrogen (secondary N) is 1. The van der Waals surface area contributed by atoms with Crippen molar-refractivity contribution in [3.8, 4) is 0 Å². The van der Waals surface area contributed by atoms with Gasteiger partial charge in [-0.25, -0.2) is 18.1 Å². The Labute approximate surface area is 106 Å². The van der Waals surface area contributed by atoms with Crippen molar-refractivity contribution >= 4 is 21.4 Å². The molecule has 0 aliphatic rings. The van der Waals surface area contributed by atoms with E-state index in [9.17, 15) is 8.42 Å². The number of rotatable bonds is 8. The number of hydrogen-bond donors (Lipinski definition) is 2. The van der Waals surface area contributed by atoms with Crippen LogP contribution in [-0.4, -0.2) is 32.2 Å². The molecule has 0 saturated carbocycles. The Morgan fingerprint density at radius 2 is 2.29 bits per heavy atom. The lowest BCUT2D eigenvalue weighted by Crippen LogP contribution is -2.30. The highest BCUT2D eigenvalue weighted by atomic mass is 32.2. The third kappa shape index (κ3) is 5.58. The van der Waals surface area contributed by atoms with Crippen molar-refractivity contribution in [3.63, 3.8) is 0 Å². The van der Waals surface area contributed by atoms with Crippen molar-refractivity contribution in [2.24, 2.45) is 5.73 Å². The first-order valence-electron chi connectivity index (χ1n) is 5.62. The van der Waals surface area contributed by atoms with Crippen molar-refractivity contribution in [1.82, 2.24) is 9.71 Å². The summed E-state index contributed by atoms with van der Waals surface area (Å²) in [6.45, 7) is 2.89. The molecule has 1 atom stereocenters. The molecule has 7 heteroatoms. The number of thiazole rings is 1. The quantitative estimate of drug-likeness (QED) is 0.692. The second kappa shape index (κ2) is 7.05. The average Bonchev–Trinajstić information content (AvgIpc) is 2.80. The fourth-order valence-electron chi connectivity index (χ4n) is 1.33. The summed E-state index contributed by atoms with van der Waals surface area (Å²) in [5, 5.41) is 2.84. The molecule has 0 aliphatic heterocycles. The second-order valence-corrected chi connectivity index (χ2v) is 6.79. The highest BCUT2D eigenvalue weighted by Crippen LogP contribution is 2.16. The van der Waals surface area contributed by atoms with Gasteiger partial charge in [0.2, 0.25) is 10.0 Å². The van der Waals surface area contributed by atoms with Crippen LogP contribution in [0.1, 0.15) is 30.7 Å². The predicted octanol–water partition coefficient (Wildman–Crippen LogP) is 0.905. The molecule has 0 amide bonds. The van der Waals surface area contributed by atoms with Gasteiger partial charge in [-0.2, -0.15) is 0 Å². The third-order valence-corrected chi connectivity index (χ3v) is 4.79. The number of aromatic nitrogens is 1. The van der Waals surface area contributed by atoms with Crippen LogP contribution >= 0.6 is 11.3 Å². The van der Waals surface area contributed by atoms with Crippen LogP contribution in [0, 0.1) is 0 Å². The Morgan fingerprint density at radius 3 is 2.88 bits per heavy atom. The van der Waals surface area contributed by atoms with Crippen LogP contribution < -0.4 is 10.5 Å². The molecule has 17 heavy (non-hydrogen) atoms. The van der Waals surface area contributed by atoms with E-state index in [1.165, 1.54) is 0 Å². The standard InChI is InChI=1S/C10H19N3O2S2/c1-9(10-12-5-6-16-10)8-13-17(14,15)7-3-2-4-11/h5-6,9,13H,2-4,7-8,11H2,1H3. The van der Waals surface area contributed by atoms with E-state index < -0.39 is 10.0 Å². The minimum absolute atomic E-state index is 0.110. The molecular weight excluding hydrogens is 258 g/mol. The van der Waals surface area contributed by atoms with Gasteiger partial charge in [0.1, 0.15) is 0 Å². The highest BCUT2D eigenvalue weighted by Gasteiger charge is 2.13. The smallest absolute Gasteiger partial charge is 0.211 e. The first-order chi connectivity index (χ1) is 8.05. The summed E-state index contributed by atoms with van der Waals surface area (Å²) in [5.74, 6) is 0.258. The minimum Gasteiger partial charge on any atom is -0.330 e. The number of hydrogen-bond acceptors (Lipinski definition) is 5. The summed E-state index contributed by atoms with van der Waals surface area (Å²) < 4.78 is 25.8. The average molecular weight is 277 g/mol. The van der Waals surface area contributed by atoms with Crippen molar-refractivity contribution in [2.75, 3.05) is 18.8 Å². The summed E-state index contributed by atoms with van der Waals surface area (Å²) in [6.07, 6.45) is 3.08. The summed E-state index contributed by atoms with van der Waals surface area (Å²) in [4.78, 5) is 4.16. The van der Waals surface area contributed by atoms with Gasteiger partial charge in [-0.15, -0.1) is 11.3 Å². The third-order valence-electron chi connectivity index (χ3n) is 2.35. The largest absolute Gasteiger partial charge is 0.330 e. The predicted molar refractivity (Wildman–Crippen MR) is 70.6 cm³/mol. The molecule has 0 bridgehead atoms. The van der Waals surface area contributed by atoms with Crippen LogP contribution in [-0.2, 0) is 10.0 Å². The minimum atomic E-state index is -3.17. The number of sulfonamides is 1. The normalized spacial score (nSPS) is 13.8. The van der Waals surface area contributed by atoms with Gasteiger partial charge in [-0.3, -0.25) is 0 Å². The maximum Gasteiger partial charge on any atom is 0.211 e. The van der Waals surface area contributed by atoms with Crippen molar-refractivity contribution in [1.29, 1.82) is 0 Å². The SMILES string of the molecule is CC(CNS(=O)(=O)CCCCN)c1nccs1. The van der Waals surface area contributed by atoms with Crippen LogP contribution in [0.2, 0.25) is 0 Å². The van der Waals surface area contributed by atoms with Crippen molar-refractivity contribution < 1.29 is 8.42 Å². The number of nitrogens with two attached hydrogens (primary N) is 1. The van der Waals surface area contributed by atoms with E-state index in [1.807, 2.05) is 12.3 Å². The summed E-state index contributed by atoms with van der Waals surface area (Å²) in [6, 6.07) is 0. The molecular formula is C10H19N3O2S2. The zero-order valence-electron chi connectivity index (χ0n) is 9.93. The van der Waals surface area contributed by atoms with Crippen molar-refractivity contribution in [3.05, 3.63) is 16.6 Å². The van der Waals surface area contributed by atoms with Gasteiger partial charge in [-0.1, -0.05) is 6.92 Å².